The van der Waals surface area contributed by atoms with Crippen molar-refractivity contribution in [2.45, 2.75) is 25.5 Å². The molecule has 3 N–H and O–H groups in total. The topological polar surface area (TPSA) is 83.5 Å². The standard InChI is InChI=1S/C16H19N3O3S/c1-9-3-4-14(22-2)11(5-9)13-8-23-16(18-13)19-15(21)12-6-10(20)7-17-12/h3-5,8,10,12,17,20H,6-7H2,1-2H3,(H,18,19,21). The molecule has 1 aliphatic rings. The van der Waals surface area contributed by atoms with Crippen LogP contribution in [0.2, 0.25) is 0 Å². The van der Waals surface area contributed by atoms with Crippen LogP contribution < -0.4 is 15.4 Å². The molecule has 6 nitrogen and oxygen atoms in total. The van der Waals surface area contributed by atoms with E-state index in [1.165, 1.54) is 11.3 Å². The first kappa shape index (κ1) is 15.9. The van der Waals surface area contributed by atoms with Crippen molar-refractivity contribution in [3.63, 3.8) is 0 Å². The summed E-state index contributed by atoms with van der Waals surface area (Å²) in [7, 11) is 1.63. The minimum atomic E-state index is -0.464. The molecule has 1 aromatic heterocycles. The van der Waals surface area contributed by atoms with Crippen LogP contribution in [0.15, 0.2) is 23.6 Å². The monoisotopic (exact) mass is 333 g/mol. The molecule has 0 saturated carbocycles. The van der Waals surface area contributed by atoms with Crippen LogP contribution >= 0.6 is 11.3 Å². The van der Waals surface area contributed by atoms with E-state index in [-0.39, 0.29) is 11.9 Å². The van der Waals surface area contributed by atoms with Crippen molar-refractivity contribution in [2.24, 2.45) is 0 Å². The molecule has 1 amide bonds. The molecule has 7 heteroatoms. The average molecular weight is 333 g/mol. The molecule has 1 aliphatic heterocycles. The Kier molecular flexibility index (Phi) is 4.61. The molecule has 3 rings (SSSR count). The Bertz CT molecular complexity index is 716. The molecule has 2 heterocycles. The number of aliphatic hydroxyl groups excluding tert-OH is 1. The molecule has 23 heavy (non-hydrogen) atoms. The molecular formula is C16H19N3O3S. The number of methoxy groups -OCH3 is 1. The van der Waals surface area contributed by atoms with Crippen molar-refractivity contribution in [2.75, 3.05) is 19.0 Å². The first-order valence-corrected chi connectivity index (χ1v) is 8.27. The van der Waals surface area contributed by atoms with Gasteiger partial charge in [-0.1, -0.05) is 11.6 Å². The third-order valence-electron chi connectivity index (χ3n) is 3.79. The van der Waals surface area contributed by atoms with Gasteiger partial charge in [0.1, 0.15) is 5.75 Å². The highest BCUT2D eigenvalue weighted by Gasteiger charge is 2.28. The number of hydrogen-bond donors (Lipinski definition) is 3. The lowest BCUT2D eigenvalue weighted by atomic mass is 10.1. The normalized spacial score (nSPS) is 20.5. The van der Waals surface area contributed by atoms with E-state index in [9.17, 15) is 9.90 Å². The van der Waals surface area contributed by atoms with Crippen LogP contribution in [0.3, 0.4) is 0 Å². The summed E-state index contributed by atoms with van der Waals surface area (Å²) in [5.74, 6) is 0.581. The summed E-state index contributed by atoms with van der Waals surface area (Å²) < 4.78 is 5.38. The lowest BCUT2D eigenvalue weighted by Gasteiger charge is -2.09. The van der Waals surface area contributed by atoms with Crippen molar-refractivity contribution >= 4 is 22.4 Å². The van der Waals surface area contributed by atoms with E-state index in [1.807, 2.05) is 30.5 Å². The summed E-state index contributed by atoms with van der Waals surface area (Å²) in [5.41, 5.74) is 2.78. The minimum absolute atomic E-state index is 0.168. The van der Waals surface area contributed by atoms with Gasteiger partial charge in [0, 0.05) is 17.5 Å². The molecule has 0 spiro atoms. The molecule has 0 bridgehead atoms. The maximum atomic E-state index is 12.1. The van der Waals surface area contributed by atoms with Crippen LogP contribution in [-0.2, 0) is 4.79 Å². The van der Waals surface area contributed by atoms with Gasteiger partial charge in [0.2, 0.25) is 5.91 Å². The summed E-state index contributed by atoms with van der Waals surface area (Å²) in [5, 5.41) is 17.7. The van der Waals surface area contributed by atoms with E-state index >= 15 is 0 Å². The van der Waals surface area contributed by atoms with Crippen LogP contribution in [0.5, 0.6) is 5.75 Å². The number of hydrogen-bond acceptors (Lipinski definition) is 6. The lowest BCUT2D eigenvalue weighted by molar-refractivity contribution is -0.117. The molecule has 1 aromatic carbocycles. The maximum absolute atomic E-state index is 12.1. The number of anilines is 1. The molecule has 0 radical (unpaired) electrons. The number of nitrogens with zero attached hydrogens (tertiary/aromatic N) is 1. The number of nitrogens with one attached hydrogen (secondary N) is 2. The van der Waals surface area contributed by atoms with Crippen molar-refractivity contribution in [1.82, 2.24) is 10.3 Å². The second-order valence-electron chi connectivity index (χ2n) is 5.58. The molecule has 2 atom stereocenters. The van der Waals surface area contributed by atoms with Gasteiger partial charge in [-0.05, 0) is 25.5 Å². The van der Waals surface area contributed by atoms with Gasteiger partial charge >= 0.3 is 0 Å². The van der Waals surface area contributed by atoms with Crippen molar-refractivity contribution in [3.8, 4) is 17.0 Å². The van der Waals surface area contributed by atoms with Crippen LogP contribution in [0.1, 0.15) is 12.0 Å². The van der Waals surface area contributed by atoms with Crippen molar-refractivity contribution in [1.29, 1.82) is 0 Å². The predicted molar refractivity (Wildman–Crippen MR) is 89.9 cm³/mol. The van der Waals surface area contributed by atoms with Crippen molar-refractivity contribution in [3.05, 3.63) is 29.1 Å². The first-order valence-electron chi connectivity index (χ1n) is 7.39. The fourth-order valence-corrected chi connectivity index (χ4v) is 3.30. The fourth-order valence-electron chi connectivity index (χ4n) is 2.59. The summed E-state index contributed by atoms with van der Waals surface area (Å²) in [6, 6.07) is 5.53. The smallest absolute Gasteiger partial charge is 0.243 e. The first-order chi connectivity index (χ1) is 11.1. The largest absolute Gasteiger partial charge is 0.496 e. The van der Waals surface area contributed by atoms with Crippen LogP contribution in [0.4, 0.5) is 5.13 Å². The van der Waals surface area contributed by atoms with E-state index < -0.39 is 6.10 Å². The Hall–Kier alpha value is -1.96. The van der Waals surface area contributed by atoms with Crippen LogP contribution in [0, 0.1) is 6.92 Å². The zero-order chi connectivity index (χ0) is 16.4. The molecule has 122 valence electrons. The molecular weight excluding hydrogens is 314 g/mol. The Labute approximate surface area is 138 Å². The summed E-state index contributed by atoms with van der Waals surface area (Å²) in [6.07, 6.45) is -0.0374. The molecule has 1 saturated heterocycles. The van der Waals surface area contributed by atoms with Gasteiger partial charge in [-0.25, -0.2) is 4.98 Å². The van der Waals surface area contributed by atoms with E-state index in [1.54, 1.807) is 7.11 Å². The van der Waals surface area contributed by atoms with Crippen molar-refractivity contribution < 1.29 is 14.6 Å². The number of aryl methyl sites for hydroxylation is 1. The lowest BCUT2D eigenvalue weighted by Crippen LogP contribution is -2.35. The minimum Gasteiger partial charge on any atom is -0.496 e. The summed E-state index contributed by atoms with van der Waals surface area (Å²) >= 11 is 1.37. The van der Waals surface area contributed by atoms with Gasteiger partial charge in [0.15, 0.2) is 5.13 Å². The van der Waals surface area contributed by atoms with Gasteiger partial charge < -0.3 is 20.5 Å². The second kappa shape index (κ2) is 6.66. The highest BCUT2D eigenvalue weighted by molar-refractivity contribution is 7.14. The Morgan fingerprint density at radius 1 is 1.52 bits per heavy atom. The molecule has 2 aromatic rings. The fraction of sp³-hybridized carbons (Fsp3) is 0.375. The SMILES string of the molecule is COc1ccc(C)cc1-c1csc(NC(=O)C2CC(O)CN2)n1. The number of carbonyl (C=O) groups excluding carboxylic acids is 1. The molecule has 0 aliphatic carbocycles. The number of ether oxygens (including phenoxy) is 1. The van der Waals surface area contributed by atoms with E-state index in [2.05, 4.69) is 15.6 Å². The molecule has 2 unspecified atom stereocenters. The summed E-state index contributed by atoms with van der Waals surface area (Å²) in [6.45, 7) is 2.46. The number of aliphatic hydroxyl groups is 1. The number of β-amino-alcohol motifs (C(OH)–C–C–N with tert-alkyl or cyclic N) is 1. The highest BCUT2D eigenvalue weighted by atomic mass is 32.1. The zero-order valence-corrected chi connectivity index (χ0v) is 13.8. The Morgan fingerprint density at radius 3 is 3.04 bits per heavy atom. The van der Waals surface area contributed by atoms with Gasteiger partial charge in [-0.3, -0.25) is 4.79 Å². The second-order valence-corrected chi connectivity index (χ2v) is 6.44. The maximum Gasteiger partial charge on any atom is 0.243 e. The quantitative estimate of drug-likeness (QED) is 0.794. The number of rotatable bonds is 4. The number of thiazole rings is 1. The average Bonchev–Trinajstić information content (AvgIpc) is 3.16. The van der Waals surface area contributed by atoms with E-state index in [4.69, 9.17) is 4.74 Å². The number of amides is 1. The van der Waals surface area contributed by atoms with E-state index in [0.29, 0.717) is 18.1 Å². The zero-order valence-electron chi connectivity index (χ0n) is 13.0. The predicted octanol–water partition coefficient (Wildman–Crippen LogP) is 1.79. The van der Waals surface area contributed by atoms with Gasteiger partial charge in [-0.15, -0.1) is 11.3 Å². The third-order valence-corrected chi connectivity index (χ3v) is 4.55. The van der Waals surface area contributed by atoms with Crippen LogP contribution in [-0.4, -0.2) is 41.8 Å². The highest BCUT2D eigenvalue weighted by Crippen LogP contribution is 2.33. The number of aromatic nitrogens is 1. The number of carbonyl (C=O) groups is 1. The summed E-state index contributed by atoms with van der Waals surface area (Å²) in [4.78, 5) is 16.6. The Balaban J connectivity index is 1.76. The number of benzene rings is 1. The Morgan fingerprint density at radius 2 is 2.35 bits per heavy atom. The van der Waals surface area contributed by atoms with Crippen LogP contribution in [0.25, 0.3) is 11.3 Å². The van der Waals surface area contributed by atoms with Gasteiger partial charge in [0.05, 0.1) is 24.9 Å². The third kappa shape index (κ3) is 3.52. The van der Waals surface area contributed by atoms with Gasteiger partial charge in [0.25, 0.3) is 0 Å². The van der Waals surface area contributed by atoms with Gasteiger partial charge in [-0.2, -0.15) is 0 Å². The van der Waals surface area contributed by atoms with E-state index in [0.717, 1.165) is 22.6 Å². The molecule has 1 fully saturated rings.